The van der Waals surface area contributed by atoms with E-state index in [-0.39, 0.29) is 0 Å². The first kappa shape index (κ1) is 28.1. The van der Waals surface area contributed by atoms with E-state index in [1.54, 1.807) is 0 Å². The number of nitrogens with zero attached hydrogens (tertiary/aromatic N) is 4. The predicted octanol–water partition coefficient (Wildman–Crippen LogP) is 11.6. The van der Waals surface area contributed by atoms with Gasteiger partial charge < -0.3 is 9.80 Å². The molecule has 0 saturated carbocycles. The van der Waals surface area contributed by atoms with Gasteiger partial charge in [0.15, 0.2) is 0 Å². The van der Waals surface area contributed by atoms with Crippen LogP contribution in [-0.4, -0.2) is 9.38 Å². The fourth-order valence-corrected chi connectivity index (χ4v) is 6.15. The highest BCUT2D eigenvalue weighted by atomic mass is 15.2. The molecule has 8 aromatic rings. The van der Waals surface area contributed by atoms with Crippen LogP contribution in [0.5, 0.6) is 0 Å². The molecule has 6 aromatic carbocycles. The van der Waals surface area contributed by atoms with Crippen molar-refractivity contribution in [3.05, 3.63) is 194 Å². The van der Waals surface area contributed by atoms with Gasteiger partial charge in [-0.2, -0.15) is 0 Å². The topological polar surface area (TPSA) is 23.8 Å². The van der Waals surface area contributed by atoms with Crippen LogP contribution in [0.4, 0.5) is 34.1 Å². The molecule has 4 nitrogen and oxygen atoms in total. The summed E-state index contributed by atoms with van der Waals surface area (Å²) in [7, 11) is 0. The third-order valence-corrected chi connectivity index (χ3v) is 8.39. The van der Waals surface area contributed by atoms with Crippen molar-refractivity contribution in [3.8, 4) is 22.5 Å². The van der Waals surface area contributed by atoms with Crippen LogP contribution in [0, 0.1) is 0 Å². The molecule has 8 rings (SSSR count). The summed E-state index contributed by atoms with van der Waals surface area (Å²) in [4.78, 5) is 9.55. The molecular formula is C43H32N4. The summed E-state index contributed by atoms with van der Waals surface area (Å²) in [6, 6.07) is 65.7. The molecule has 0 bridgehead atoms. The van der Waals surface area contributed by atoms with Crippen LogP contribution in [0.15, 0.2) is 194 Å². The zero-order valence-electron chi connectivity index (χ0n) is 25.8. The Morgan fingerprint density at radius 1 is 0.340 bits per heavy atom. The first-order valence-electron chi connectivity index (χ1n) is 15.8. The molecule has 224 valence electrons. The van der Waals surface area contributed by atoms with Crippen molar-refractivity contribution >= 4 is 39.8 Å². The van der Waals surface area contributed by atoms with E-state index in [0.717, 1.165) is 62.3 Å². The molecule has 4 heteroatoms. The summed E-state index contributed by atoms with van der Waals surface area (Å²) in [5.74, 6) is 0. The van der Waals surface area contributed by atoms with E-state index in [2.05, 4.69) is 202 Å². The number of aromatic nitrogens is 2. The molecule has 0 spiro atoms. The third kappa shape index (κ3) is 5.65. The molecule has 0 unspecified atom stereocenters. The lowest BCUT2D eigenvalue weighted by Crippen LogP contribution is -2.12. The first-order valence-corrected chi connectivity index (χ1v) is 15.8. The minimum Gasteiger partial charge on any atom is -0.311 e. The lowest BCUT2D eigenvalue weighted by atomic mass is 10.1. The van der Waals surface area contributed by atoms with Crippen LogP contribution in [-0.2, 0) is 0 Å². The van der Waals surface area contributed by atoms with Gasteiger partial charge in [0.2, 0.25) is 0 Å². The van der Waals surface area contributed by atoms with E-state index >= 15 is 0 Å². The maximum Gasteiger partial charge on any atom is 0.137 e. The van der Waals surface area contributed by atoms with Crippen LogP contribution < -0.4 is 9.80 Å². The van der Waals surface area contributed by atoms with Gasteiger partial charge >= 0.3 is 0 Å². The SMILES string of the molecule is c1ccc(-c2cccc3nc(-c4ccc(N(c5ccccc5)c5ccc(N(c6ccccc6)c6ccccc6)cc5)cc4)cn23)cc1. The van der Waals surface area contributed by atoms with Gasteiger partial charge in [0.1, 0.15) is 5.65 Å². The second kappa shape index (κ2) is 12.5. The summed E-state index contributed by atoms with van der Waals surface area (Å²) in [5.41, 5.74) is 11.8. The average molecular weight is 605 g/mol. The van der Waals surface area contributed by atoms with Gasteiger partial charge in [0.25, 0.3) is 0 Å². The summed E-state index contributed by atoms with van der Waals surface area (Å²) in [6.07, 6.45) is 2.13. The quantitative estimate of drug-likeness (QED) is 0.172. The van der Waals surface area contributed by atoms with Crippen molar-refractivity contribution in [2.24, 2.45) is 0 Å². The largest absolute Gasteiger partial charge is 0.311 e. The van der Waals surface area contributed by atoms with Crippen LogP contribution in [0.1, 0.15) is 0 Å². The number of hydrogen-bond donors (Lipinski definition) is 0. The summed E-state index contributed by atoms with van der Waals surface area (Å²) in [6.45, 7) is 0. The molecule has 47 heavy (non-hydrogen) atoms. The number of benzene rings is 6. The monoisotopic (exact) mass is 604 g/mol. The van der Waals surface area contributed by atoms with Gasteiger partial charge in [-0.05, 0) is 90.5 Å². The van der Waals surface area contributed by atoms with Gasteiger partial charge in [-0.1, -0.05) is 103 Å². The summed E-state index contributed by atoms with van der Waals surface area (Å²) < 4.78 is 2.17. The molecule has 0 aliphatic carbocycles. The Labute approximate surface area is 275 Å². The number of fused-ring (bicyclic) bond motifs is 1. The molecule has 0 amide bonds. The Kier molecular flexibility index (Phi) is 7.50. The minimum absolute atomic E-state index is 0.927. The van der Waals surface area contributed by atoms with Crippen molar-refractivity contribution in [3.63, 3.8) is 0 Å². The van der Waals surface area contributed by atoms with E-state index in [1.165, 1.54) is 0 Å². The van der Waals surface area contributed by atoms with Crippen molar-refractivity contribution in [1.29, 1.82) is 0 Å². The second-order valence-electron chi connectivity index (χ2n) is 11.4. The molecule has 0 saturated heterocycles. The molecule has 0 atom stereocenters. The zero-order valence-corrected chi connectivity index (χ0v) is 25.8. The maximum absolute atomic E-state index is 4.98. The summed E-state index contributed by atoms with van der Waals surface area (Å²) >= 11 is 0. The fourth-order valence-electron chi connectivity index (χ4n) is 6.15. The first-order chi connectivity index (χ1) is 23.3. The smallest absolute Gasteiger partial charge is 0.137 e. The lowest BCUT2D eigenvalue weighted by molar-refractivity contribution is 1.19. The van der Waals surface area contributed by atoms with E-state index in [1.807, 2.05) is 6.07 Å². The zero-order chi connectivity index (χ0) is 31.4. The van der Waals surface area contributed by atoms with Crippen molar-refractivity contribution in [1.82, 2.24) is 9.38 Å². The van der Waals surface area contributed by atoms with Crippen molar-refractivity contribution in [2.45, 2.75) is 0 Å². The van der Waals surface area contributed by atoms with E-state index in [4.69, 9.17) is 4.98 Å². The molecule has 0 N–H and O–H groups in total. The number of pyridine rings is 1. The second-order valence-corrected chi connectivity index (χ2v) is 11.4. The van der Waals surface area contributed by atoms with Crippen LogP contribution in [0.25, 0.3) is 28.2 Å². The summed E-state index contributed by atoms with van der Waals surface area (Å²) in [5, 5.41) is 0. The number of rotatable bonds is 8. The number of anilines is 6. The highest BCUT2D eigenvalue weighted by Crippen LogP contribution is 2.39. The standard InChI is InChI=1S/C43H32N4/c1-5-14-34(15-6-1)42-22-13-23-43-44-41(32-45(42)43)33-24-26-38(27-25-33)47(37-20-11-4-12-21-37)40-30-28-39(29-31-40)46(35-16-7-2-8-17-35)36-18-9-3-10-19-36/h1-32H. The normalized spacial score (nSPS) is 11.0. The molecule has 2 aromatic heterocycles. The van der Waals surface area contributed by atoms with Crippen molar-refractivity contribution < 1.29 is 0 Å². The van der Waals surface area contributed by atoms with E-state index in [9.17, 15) is 0 Å². The Bertz CT molecular complexity index is 2170. The predicted molar refractivity (Wildman–Crippen MR) is 195 cm³/mol. The molecular weight excluding hydrogens is 573 g/mol. The number of hydrogen-bond acceptors (Lipinski definition) is 3. The van der Waals surface area contributed by atoms with E-state index < -0.39 is 0 Å². The van der Waals surface area contributed by atoms with Crippen molar-refractivity contribution in [2.75, 3.05) is 9.80 Å². The van der Waals surface area contributed by atoms with Crippen LogP contribution in [0.3, 0.4) is 0 Å². The number of imidazole rings is 1. The Hall–Kier alpha value is -6.39. The van der Waals surface area contributed by atoms with Crippen LogP contribution in [0.2, 0.25) is 0 Å². The highest BCUT2D eigenvalue weighted by molar-refractivity contribution is 5.82. The Morgan fingerprint density at radius 2 is 0.745 bits per heavy atom. The molecule has 2 heterocycles. The fraction of sp³-hybridized carbons (Fsp3) is 0. The molecule has 0 aliphatic rings. The Balaban J connectivity index is 1.14. The molecule has 0 fully saturated rings. The van der Waals surface area contributed by atoms with Gasteiger partial charge in [0.05, 0.1) is 11.4 Å². The van der Waals surface area contributed by atoms with Gasteiger partial charge in [-0.3, -0.25) is 4.40 Å². The maximum atomic E-state index is 4.98. The van der Waals surface area contributed by atoms with E-state index in [0.29, 0.717) is 0 Å². The van der Waals surface area contributed by atoms with Gasteiger partial charge in [0, 0.05) is 45.9 Å². The third-order valence-electron chi connectivity index (χ3n) is 8.39. The average Bonchev–Trinajstić information content (AvgIpc) is 3.60. The molecule has 0 radical (unpaired) electrons. The molecule has 0 aliphatic heterocycles. The van der Waals surface area contributed by atoms with Gasteiger partial charge in [-0.25, -0.2) is 4.98 Å². The number of para-hydroxylation sites is 3. The van der Waals surface area contributed by atoms with Crippen LogP contribution >= 0.6 is 0 Å². The van der Waals surface area contributed by atoms with Gasteiger partial charge in [-0.15, -0.1) is 0 Å². The highest BCUT2D eigenvalue weighted by Gasteiger charge is 2.16. The lowest BCUT2D eigenvalue weighted by Gasteiger charge is -2.28. The minimum atomic E-state index is 0.927. The Morgan fingerprint density at radius 3 is 1.21 bits per heavy atom.